The van der Waals surface area contributed by atoms with Crippen molar-refractivity contribution in [2.45, 2.75) is 20.0 Å². The van der Waals surface area contributed by atoms with Crippen LogP contribution >= 0.6 is 11.6 Å². The minimum absolute atomic E-state index is 0.270. The van der Waals surface area contributed by atoms with E-state index in [0.29, 0.717) is 16.1 Å². The molecule has 0 amide bonds. The molecule has 0 bridgehead atoms. The van der Waals surface area contributed by atoms with Gasteiger partial charge >= 0.3 is 0 Å². The molecule has 2 aromatic carbocycles. The number of rotatable bonds is 2. The summed E-state index contributed by atoms with van der Waals surface area (Å²) >= 11 is 6.03. The van der Waals surface area contributed by atoms with Crippen LogP contribution in [0.1, 0.15) is 28.4 Å². The Morgan fingerprint density at radius 1 is 1.17 bits per heavy atom. The van der Waals surface area contributed by atoms with Crippen LogP contribution in [-0.2, 0) is 0 Å². The lowest BCUT2D eigenvalue weighted by Crippen LogP contribution is -2.03. The summed E-state index contributed by atoms with van der Waals surface area (Å²) < 4.78 is 13.2. The Morgan fingerprint density at radius 2 is 1.89 bits per heavy atom. The van der Waals surface area contributed by atoms with E-state index in [0.717, 1.165) is 11.1 Å². The van der Waals surface area contributed by atoms with Crippen LogP contribution in [0.25, 0.3) is 0 Å². The Morgan fingerprint density at radius 3 is 2.56 bits per heavy atom. The Balaban J connectivity index is 2.44. The zero-order chi connectivity index (χ0) is 13.3. The summed E-state index contributed by atoms with van der Waals surface area (Å²) in [7, 11) is 0. The van der Waals surface area contributed by atoms with Crippen LogP contribution in [0.4, 0.5) is 4.39 Å². The maximum absolute atomic E-state index is 13.2. The Bertz CT molecular complexity index is 581. The predicted octanol–water partition coefficient (Wildman–Crippen LogP) is 4.18. The van der Waals surface area contributed by atoms with Crippen molar-refractivity contribution in [3.8, 4) is 0 Å². The number of aryl methyl sites for hydroxylation is 1. The quantitative estimate of drug-likeness (QED) is 0.863. The normalized spacial score (nSPS) is 12.5. The summed E-state index contributed by atoms with van der Waals surface area (Å²) in [6.07, 6.45) is -0.789. The van der Waals surface area contributed by atoms with Gasteiger partial charge in [-0.25, -0.2) is 4.39 Å². The fourth-order valence-corrected chi connectivity index (χ4v) is 2.12. The highest BCUT2D eigenvalue weighted by Crippen LogP contribution is 2.29. The average Bonchev–Trinajstić information content (AvgIpc) is 2.35. The lowest BCUT2D eigenvalue weighted by Gasteiger charge is -2.15. The second-order valence-corrected chi connectivity index (χ2v) is 4.77. The lowest BCUT2D eigenvalue weighted by molar-refractivity contribution is 0.219. The van der Waals surface area contributed by atoms with Crippen LogP contribution in [0, 0.1) is 19.7 Å². The SMILES string of the molecule is Cc1cc(C(O)c2cccc(Cl)c2C)ccc1F. The number of halogens is 2. The van der Waals surface area contributed by atoms with Crippen LogP contribution in [-0.4, -0.2) is 5.11 Å². The summed E-state index contributed by atoms with van der Waals surface area (Å²) in [5.74, 6) is -0.270. The molecule has 1 atom stereocenters. The first-order chi connectivity index (χ1) is 8.50. The largest absolute Gasteiger partial charge is 0.384 e. The third-order valence-corrected chi connectivity index (χ3v) is 3.51. The van der Waals surface area contributed by atoms with Gasteiger partial charge in [0, 0.05) is 5.02 Å². The van der Waals surface area contributed by atoms with Crippen molar-refractivity contribution in [1.82, 2.24) is 0 Å². The van der Waals surface area contributed by atoms with E-state index in [1.807, 2.05) is 13.0 Å². The summed E-state index contributed by atoms with van der Waals surface area (Å²) in [6, 6.07) is 10.0. The highest BCUT2D eigenvalue weighted by atomic mass is 35.5. The van der Waals surface area contributed by atoms with E-state index < -0.39 is 6.10 Å². The number of hydrogen-bond donors (Lipinski definition) is 1. The molecule has 2 aromatic rings. The van der Waals surface area contributed by atoms with Crippen molar-refractivity contribution in [2.75, 3.05) is 0 Å². The fraction of sp³-hybridized carbons (Fsp3) is 0.200. The van der Waals surface area contributed by atoms with Gasteiger partial charge < -0.3 is 5.11 Å². The van der Waals surface area contributed by atoms with Crippen molar-refractivity contribution >= 4 is 11.6 Å². The Kier molecular flexibility index (Phi) is 3.69. The highest BCUT2D eigenvalue weighted by Gasteiger charge is 2.15. The van der Waals surface area contributed by atoms with Gasteiger partial charge in [-0.05, 0) is 48.2 Å². The molecule has 0 heterocycles. The van der Waals surface area contributed by atoms with Gasteiger partial charge in [0.05, 0.1) is 0 Å². The van der Waals surface area contributed by atoms with E-state index >= 15 is 0 Å². The van der Waals surface area contributed by atoms with Gasteiger partial charge in [0.1, 0.15) is 11.9 Å². The van der Waals surface area contributed by atoms with E-state index in [2.05, 4.69) is 0 Å². The second kappa shape index (κ2) is 5.09. The monoisotopic (exact) mass is 264 g/mol. The summed E-state index contributed by atoms with van der Waals surface area (Å²) in [4.78, 5) is 0. The number of aliphatic hydroxyl groups is 1. The minimum Gasteiger partial charge on any atom is -0.384 e. The zero-order valence-corrected chi connectivity index (χ0v) is 11.0. The summed E-state index contributed by atoms with van der Waals surface area (Å²) in [5, 5.41) is 10.9. The predicted molar refractivity (Wildman–Crippen MR) is 71.4 cm³/mol. The van der Waals surface area contributed by atoms with Crippen LogP contribution in [0.3, 0.4) is 0 Å². The molecule has 0 fully saturated rings. The lowest BCUT2D eigenvalue weighted by atomic mass is 9.96. The molecule has 1 unspecified atom stereocenters. The molecule has 94 valence electrons. The van der Waals surface area contributed by atoms with Gasteiger partial charge in [0.15, 0.2) is 0 Å². The first-order valence-electron chi connectivity index (χ1n) is 5.70. The third kappa shape index (κ3) is 2.40. The fourth-order valence-electron chi connectivity index (χ4n) is 1.94. The molecule has 0 aliphatic heterocycles. The van der Waals surface area contributed by atoms with Gasteiger partial charge in [-0.1, -0.05) is 35.9 Å². The molecule has 0 spiro atoms. The third-order valence-electron chi connectivity index (χ3n) is 3.10. The number of aliphatic hydroxyl groups excluding tert-OH is 1. The Labute approximate surface area is 111 Å². The molecular formula is C15H14ClFO. The first kappa shape index (κ1) is 13.1. The molecule has 2 rings (SSSR count). The van der Waals surface area contributed by atoms with E-state index in [-0.39, 0.29) is 5.82 Å². The van der Waals surface area contributed by atoms with Crippen molar-refractivity contribution < 1.29 is 9.50 Å². The Hall–Kier alpha value is -1.38. The van der Waals surface area contributed by atoms with Gasteiger partial charge in [0.25, 0.3) is 0 Å². The van der Waals surface area contributed by atoms with Crippen LogP contribution in [0.5, 0.6) is 0 Å². The van der Waals surface area contributed by atoms with Crippen molar-refractivity contribution in [1.29, 1.82) is 0 Å². The molecule has 0 aliphatic carbocycles. The zero-order valence-electron chi connectivity index (χ0n) is 10.2. The average molecular weight is 265 g/mol. The molecule has 0 saturated heterocycles. The van der Waals surface area contributed by atoms with E-state index in [1.54, 1.807) is 31.2 Å². The molecule has 0 radical (unpaired) electrons. The molecule has 1 nitrogen and oxygen atoms in total. The maximum Gasteiger partial charge on any atom is 0.126 e. The summed E-state index contributed by atoms with van der Waals surface area (Å²) in [5.41, 5.74) is 2.77. The topological polar surface area (TPSA) is 20.2 Å². The van der Waals surface area contributed by atoms with Gasteiger partial charge in [-0.15, -0.1) is 0 Å². The second-order valence-electron chi connectivity index (χ2n) is 4.37. The van der Waals surface area contributed by atoms with Crippen molar-refractivity contribution in [3.05, 3.63) is 69.5 Å². The molecular weight excluding hydrogens is 251 g/mol. The van der Waals surface area contributed by atoms with Gasteiger partial charge in [0.2, 0.25) is 0 Å². The van der Waals surface area contributed by atoms with Crippen molar-refractivity contribution in [3.63, 3.8) is 0 Å². The smallest absolute Gasteiger partial charge is 0.126 e. The first-order valence-corrected chi connectivity index (χ1v) is 6.07. The van der Waals surface area contributed by atoms with Crippen molar-refractivity contribution in [2.24, 2.45) is 0 Å². The van der Waals surface area contributed by atoms with Gasteiger partial charge in [-0.3, -0.25) is 0 Å². The van der Waals surface area contributed by atoms with E-state index in [4.69, 9.17) is 11.6 Å². The molecule has 0 saturated carbocycles. The van der Waals surface area contributed by atoms with Gasteiger partial charge in [-0.2, -0.15) is 0 Å². The molecule has 1 N–H and O–H groups in total. The molecule has 3 heteroatoms. The number of benzene rings is 2. The number of hydrogen-bond acceptors (Lipinski definition) is 1. The van der Waals surface area contributed by atoms with Crippen LogP contribution < -0.4 is 0 Å². The molecule has 0 aromatic heterocycles. The molecule has 0 aliphatic rings. The summed E-state index contributed by atoms with van der Waals surface area (Å²) in [6.45, 7) is 3.54. The van der Waals surface area contributed by atoms with E-state index in [9.17, 15) is 9.50 Å². The minimum atomic E-state index is -0.789. The maximum atomic E-state index is 13.2. The molecule has 18 heavy (non-hydrogen) atoms. The standard InChI is InChI=1S/C15H14ClFO/c1-9-8-11(6-7-14(9)17)15(18)12-4-3-5-13(16)10(12)2/h3-8,15,18H,1-2H3. The van der Waals surface area contributed by atoms with E-state index in [1.165, 1.54) is 6.07 Å². The highest BCUT2D eigenvalue weighted by molar-refractivity contribution is 6.31. The van der Waals surface area contributed by atoms with Crippen LogP contribution in [0.15, 0.2) is 36.4 Å². The van der Waals surface area contributed by atoms with Crippen LogP contribution in [0.2, 0.25) is 5.02 Å².